The number of nitrogens with zero attached hydrogens (tertiary/aromatic N) is 1. The van der Waals surface area contributed by atoms with Crippen molar-refractivity contribution >= 4 is 17.7 Å². The van der Waals surface area contributed by atoms with Gasteiger partial charge in [0.2, 0.25) is 5.91 Å². The van der Waals surface area contributed by atoms with Crippen LogP contribution in [0.3, 0.4) is 0 Å². The van der Waals surface area contributed by atoms with Crippen molar-refractivity contribution in [2.24, 2.45) is 0 Å². The summed E-state index contributed by atoms with van der Waals surface area (Å²) in [5.74, 6) is 1.28. The van der Waals surface area contributed by atoms with E-state index in [2.05, 4.69) is 0 Å². The van der Waals surface area contributed by atoms with Crippen LogP contribution < -0.4 is 4.74 Å². The Morgan fingerprint density at radius 3 is 2.90 bits per heavy atom. The zero-order valence-electron chi connectivity index (χ0n) is 11.4. The first-order valence-corrected chi connectivity index (χ1v) is 7.48. The molecule has 1 saturated heterocycles. The molecular formula is C14H19NO4S. The van der Waals surface area contributed by atoms with Gasteiger partial charge in [-0.3, -0.25) is 4.79 Å². The van der Waals surface area contributed by atoms with Crippen LogP contribution in [-0.4, -0.2) is 61.2 Å². The molecule has 1 atom stereocenters. The lowest BCUT2D eigenvalue weighted by atomic mass is 10.3. The van der Waals surface area contributed by atoms with E-state index >= 15 is 0 Å². The standard InChI is InChI=1S/C14H19NO4S/c1-18-11-2-4-13(5-3-11)20-10-14(17)15-6-7-19-12(8-15)9-16/h2-5,12,16H,6-10H2,1H3. The van der Waals surface area contributed by atoms with Crippen molar-refractivity contribution in [2.45, 2.75) is 11.0 Å². The highest BCUT2D eigenvalue weighted by Gasteiger charge is 2.23. The van der Waals surface area contributed by atoms with E-state index in [-0.39, 0.29) is 18.6 Å². The number of ether oxygens (including phenoxy) is 2. The average Bonchev–Trinajstić information content (AvgIpc) is 2.53. The molecule has 0 radical (unpaired) electrons. The van der Waals surface area contributed by atoms with E-state index in [9.17, 15) is 4.79 Å². The van der Waals surface area contributed by atoms with Gasteiger partial charge in [-0.15, -0.1) is 11.8 Å². The lowest BCUT2D eigenvalue weighted by Crippen LogP contribution is -2.47. The average molecular weight is 297 g/mol. The van der Waals surface area contributed by atoms with Crippen LogP contribution in [0.15, 0.2) is 29.2 Å². The predicted octanol–water partition coefficient (Wildman–Crippen LogP) is 1.01. The normalized spacial score (nSPS) is 18.9. The number of amides is 1. The summed E-state index contributed by atoms with van der Waals surface area (Å²) in [6, 6.07) is 7.63. The first kappa shape index (κ1) is 15.2. The van der Waals surface area contributed by atoms with Crippen molar-refractivity contribution in [3.63, 3.8) is 0 Å². The minimum atomic E-state index is -0.251. The van der Waals surface area contributed by atoms with Gasteiger partial charge in [-0.05, 0) is 24.3 Å². The first-order valence-electron chi connectivity index (χ1n) is 6.50. The van der Waals surface area contributed by atoms with Gasteiger partial charge in [0, 0.05) is 18.0 Å². The van der Waals surface area contributed by atoms with Crippen LogP contribution in [0.5, 0.6) is 5.75 Å². The summed E-state index contributed by atoms with van der Waals surface area (Å²) in [7, 11) is 1.63. The molecule has 1 aromatic carbocycles. The zero-order chi connectivity index (χ0) is 14.4. The van der Waals surface area contributed by atoms with E-state index in [4.69, 9.17) is 14.6 Å². The van der Waals surface area contributed by atoms with Gasteiger partial charge in [-0.25, -0.2) is 0 Å². The third-order valence-corrected chi connectivity index (χ3v) is 4.11. The van der Waals surface area contributed by atoms with Crippen LogP contribution in [0.2, 0.25) is 0 Å². The Balaban J connectivity index is 1.81. The van der Waals surface area contributed by atoms with E-state index in [0.717, 1.165) is 10.6 Å². The molecule has 1 aromatic rings. The topological polar surface area (TPSA) is 59.0 Å². The predicted molar refractivity (Wildman–Crippen MR) is 77.1 cm³/mol. The number of methoxy groups -OCH3 is 1. The van der Waals surface area contributed by atoms with Gasteiger partial charge in [0.25, 0.3) is 0 Å². The van der Waals surface area contributed by atoms with Crippen LogP contribution in [0.4, 0.5) is 0 Å². The third-order valence-electron chi connectivity index (χ3n) is 3.12. The smallest absolute Gasteiger partial charge is 0.233 e. The van der Waals surface area contributed by atoms with E-state index in [1.165, 1.54) is 11.8 Å². The van der Waals surface area contributed by atoms with Crippen molar-refractivity contribution in [1.29, 1.82) is 0 Å². The van der Waals surface area contributed by atoms with E-state index in [1.807, 2.05) is 24.3 Å². The van der Waals surface area contributed by atoms with Gasteiger partial charge in [-0.1, -0.05) is 0 Å². The van der Waals surface area contributed by atoms with E-state index < -0.39 is 0 Å². The molecule has 0 aromatic heterocycles. The summed E-state index contributed by atoms with van der Waals surface area (Å²) < 4.78 is 10.4. The molecule has 110 valence electrons. The van der Waals surface area contributed by atoms with Gasteiger partial charge in [-0.2, -0.15) is 0 Å². The molecule has 0 saturated carbocycles. The Labute approximate surface area is 122 Å². The fraction of sp³-hybridized carbons (Fsp3) is 0.500. The summed E-state index contributed by atoms with van der Waals surface area (Å²) in [5, 5.41) is 9.07. The molecular weight excluding hydrogens is 278 g/mol. The fourth-order valence-corrected chi connectivity index (χ4v) is 2.77. The number of benzene rings is 1. The Bertz CT molecular complexity index is 437. The molecule has 0 spiro atoms. The molecule has 6 heteroatoms. The SMILES string of the molecule is COc1ccc(SCC(=O)N2CCOC(CO)C2)cc1. The maximum Gasteiger partial charge on any atom is 0.233 e. The largest absolute Gasteiger partial charge is 0.497 e. The van der Waals surface area contributed by atoms with Crippen molar-refractivity contribution in [1.82, 2.24) is 4.90 Å². The van der Waals surface area contributed by atoms with E-state index in [0.29, 0.717) is 25.4 Å². The molecule has 1 aliphatic heterocycles. The maximum atomic E-state index is 12.1. The minimum Gasteiger partial charge on any atom is -0.497 e. The highest BCUT2D eigenvalue weighted by molar-refractivity contribution is 8.00. The van der Waals surface area contributed by atoms with Crippen LogP contribution in [0, 0.1) is 0 Å². The van der Waals surface area contributed by atoms with E-state index in [1.54, 1.807) is 12.0 Å². The number of carbonyl (C=O) groups excluding carboxylic acids is 1. The van der Waals surface area contributed by atoms with Crippen LogP contribution in [0.1, 0.15) is 0 Å². The summed E-state index contributed by atoms with van der Waals surface area (Å²) in [5.41, 5.74) is 0. The number of hydrogen-bond acceptors (Lipinski definition) is 5. The maximum absolute atomic E-state index is 12.1. The first-order chi connectivity index (χ1) is 9.72. The Morgan fingerprint density at radius 1 is 1.50 bits per heavy atom. The Hall–Kier alpha value is -1.24. The van der Waals surface area contributed by atoms with Crippen molar-refractivity contribution in [2.75, 3.05) is 39.2 Å². The minimum absolute atomic E-state index is 0.0462. The molecule has 1 heterocycles. The number of morpholine rings is 1. The summed E-state index contributed by atoms with van der Waals surface area (Å²) >= 11 is 1.50. The molecule has 0 aliphatic carbocycles. The molecule has 1 N–H and O–H groups in total. The van der Waals surface area contributed by atoms with Gasteiger partial charge in [0.15, 0.2) is 0 Å². The molecule has 20 heavy (non-hydrogen) atoms. The molecule has 5 nitrogen and oxygen atoms in total. The number of carbonyl (C=O) groups is 1. The van der Waals surface area contributed by atoms with Gasteiger partial charge in [0.05, 0.1) is 32.2 Å². The summed E-state index contributed by atoms with van der Waals surface area (Å²) in [4.78, 5) is 14.9. The summed E-state index contributed by atoms with van der Waals surface area (Å²) in [6.07, 6.45) is -0.251. The lowest BCUT2D eigenvalue weighted by molar-refractivity contribution is -0.137. The molecule has 1 amide bonds. The molecule has 2 rings (SSSR count). The highest BCUT2D eigenvalue weighted by atomic mass is 32.2. The Kier molecular flexibility index (Phi) is 5.70. The van der Waals surface area contributed by atoms with Gasteiger partial charge < -0.3 is 19.5 Å². The Morgan fingerprint density at radius 2 is 2.25 bits per heavy atom. The van der Waals surface area contributed by atoms with Crippen LogP contribution in [0.25, 0.3) is 0 Å². The second kappa shape index (κ2) is 7.52. The number of aliphatic hydroxyl groups is 1. The molecule has 1 unspecified atom stereocenters. The monoisotopic (exact) mass is 297 g/mol. The van der Waals surface area contributed by atoms with Crippen molar-refractivity contribution in [3.05, 3.63) is 24.3 Å². The van der Waals surface area contributed by atoms with Crippen LogP contribution >= 0.6 is 11.8 Å². The lowest BCUT2D eigenvalue weighted by Gasteiger charge is -2.32. The quantitative estimate of drug-likeness (QED) is 0.822. The van der Waals surface area contributed by atoms with Crippen LogP contribution in [-0.2, 0) is 9.53 Å². The second-order valence-corrected chi connectivity index (χ2v) is 5.53. The fourth-order valence-electron chi connectivity index (χ4n) is 1.96. The number of hydrogen-bond donors (Lipinski definition) is 1. The van der Waals surface area contributed by atoms with Crippen molar-refractivity contribution < 1.29 is 19.4 Å². The summed E-state index contributed by atoms with van der Waals surface area (Å²) in [6.45, 7) is 1.51. The molecule has 0 bridgehead atoms. The number of aliphatic hydroxyl groups excluding tert-OH is 1. The zero-order valence-corrected chi connectivity index (χ0v) is 12.3. The highest BCUT2D eigenvalue weighted by Crippen LogP contribution is 2.21. The number of rotatable bonds is 5. The third kappa shape index (κ3) is 4.13. The number of thioether (sulfide) groups is 1. The van der Waals surface area contributed by atoms with Gasteiger partial charge in [0.1, 0.15) is 5.75 Å². The van der Waals surface area contributed by atoms with Crippen molar-refractivity contribution in [3.8, 4) is 5.75 Å². The second-order valence-electron chi connectivity index (χ2n) is 4.48. The van der Waals surface area contributed by atoms with Gasteiger partial charge >= 0.3 is 0 Å². The molecule has 1 fully saturated rings. The molecule has 1 aliphatic rings.